The van der Waals surface area contributed by atoms with E-state index in [1.165, 1.54) is 63.6 Å². The first-order chi connectivity index (χ1) is 9.86. The van der Waals surface area contributed by atoms with Crippen LogP contribution in [0.15, 0.2) is 12.3 Å². The van der Waals surface area contributed by atoms with E-state index in [1.807, 2.05) is 0 Å². The largest absolute Gasteiger partial charge is 0.293 e. The molecule has 0 radical (unpaired) electrons. The maximum absolute atomic E-state index is 6.10. The summed E-state index contributed by atoms with van der Waals surface area (Å²) in [6.45, 7) is 2.14. The van der Waals surface area contributed by atoms with Gasteiger partial charge >= 0.3 is 0 Å². The summed E-state index contributed by atoms with van der Waals surface area (Å²) in [6, 6.07) is 3.39. The van der Waals surface area contributed by atoms with Crippen LogP contribution in [0.4, 0.5) is 0 Å². The number of hydrogen-bond donors (Lipinski definition) is 0. The zero-order valence-electron chi connectivity index (χ0n) is 12.3. The molecule has 1 aliphatic carbocycles. The van der Waals surface area contributed by atoms with Crippen LogP contribution in [0.1, 0.15) is 63.1 Å². The van der Waals surface area contributed by atoms with Crippen LogP contribution in [0.2, 0.25) is 0 Å². The summed E-state index contributed by atoms with van der Waals surface area (Å²) in [5, 5.41) is 4.83. The second-order valence-electron chi connectivity index (χ2n) is 6.35. The molecule has 1 aromatic rings. The molecule has 0 aromatic carbocycles. The zero-order valence-corrected chi connectivity index (χ0v) is 13.1. The summed E-state index contributed by atoms with van der Waals surface area (Å²) in [4.78, 5) is 2.52. The van der Waals surface area contributed by atoms with Gasteiger partial charge in [-0.15, -0.1) is 11.6 Å². The number of rotatable bonds is 4. The fourth-order valence-corrected chi connectivity index (χ4v) is 4.01. The summed E-state index contributed by atoms with van der Waals surface area (Å²) in [6.07, 6.45) is 12.8. The third-order valence-corrected chi connectivity index (χ3v) is 5.26. The SMILES string of the molecule is ClCC1CCCCN1Cc1ccn(C2CCCCC2)n1. The maximum Gasteiger partial charge on any atom is 0.0765 e. The van der Waals surface area contributed by atoms with E-state index in [9.17, 15) is 0 Å². The van der Waals surface area contributed by atoms with Crippen molar-refractivity contribution in [2.45, 2.75) is 70.0 Å². The van der Waals surface area contributed by atoms with E-state index >= 15 is 0 Å². The monoisotopic (exact) mass is 295 g/mol. The van der Waals surface area contributed by atoms with Crippen molar-refractivity contribution in [1.82, 2.24) is 14.7 Å². The normalized spacial score (nSPS) is 25.9. The van der Waals surface area contributed by atoms with E-state index in [-0.39, 0.29) is 0 Å². The molecule has 1 aromatic heterocycles. The zero-order chi connectivity index (χ0) is 13.8. The van der Waals surface area contributed by atoms with Crippen molar-refractivity contribution in [2.75, 3.05) is 12.4 Å². The van der Waals surface area contributed by atoms with Crippen LogP contribution in [-0.4, -0.2) is 33.1 Å². The fraction of sp³-hybridized carbons (Fsp3) is 0.812. The summed E-state index contributed by atoms with van der Waals surface area (Å²) in [5.74, 6) is 0.753. The minimum Gasteiger partial charge on any atom is -0.293 e. The van der Waals surface area contributed by atoms with Crippen LogP contribution >= 0.6 is 11.6 Å². The second-order valence-corrected chi connectivity index (χ2v) is 6.66. The molecule has 20 heavy (non-hydrogen) atoms. The highest BCUT2D eigenvalue weighted by atomic mass is 35.5. The molecule has 3 nitrogen and oxygen atoms in total. The lowest BCUT2D eigenvalue weighted by Gasteiger charge is -2.33. The number of halogens is 1. The van der Waals surface area contributed by atoms with E-state index in [0.29, 0.717) is 12.1 Å². The summed E-state index contributed by atoms with van der Waals surface area (Å²) in [5.41, 5.74) is 1.22. The number of alkyl halides is 1. The Morgan fingerprint density at radius 1 is 1.10 bits per heavy atom. The lowest BCUT2D eigenvalue weighted by atomic mass is 9.96. The Morgan fingerprint density at radius 3 is 2.70 bits per heavy atom. The van der Waals surface area contributed by atoms with Crippen molar-refractivity contribution in [3.8, 4) is 0 Å². The molecule has 112 valence electrons. The van der Waals surface area contributed by atoms with E-state index in [2.05, 4.69) is 21.8 Å². The minimum absolute atomic E-state index is 0.547. The number of likely N-dealkylation sites (tertiary alicyclic amines) is 1. The van der Waals surface area contributed by atoms with Crippen LogP contribution < -0.4 is 0 Å². The molecule has 4 heteroatoms. The van der Waals surface area contributed by atoms with Crippen molar-refractivity contribution < 1.29 is 0 Å². The smallest absolute Gasteiger partial charge is 0.0765 e. The van der Waals surface area contributed by atoms with E-state index in [1.54, 1.807) is 0 Å². The Bertz CT molecular complexity index is 412. The highest BCUT2D eigenvalue weighted by molar-refractivity contribution is 6.18. The van der Waals surface area contributed by atoms with Crippen molar-refractivity contribution in [2.24, 2.45) is 0 Å². The van der Waals surface area contributed by atoms with Crippen LogP contribution in [0.5, 0.6) is 0 Å². The maximum atomic E-state index is 6.10. The van der Waals surface area contributed by atoms with E-state index < -0.39 is 0 Å². The van der Waals surface area contributed by atoms with Crippen LogP contribution in [0.25, 0.3) is 0 Å². The molecular formula is C16H26ClN3. The lowest BCUT2D eigenvalue weighted by Crippen LogP contribution is -2.40. The molecule has 1 saturated carbocycles. The Hall–Kier alpha value is -0.540. The van der Waals surface area contributed by atoms with E-state index in [4.69, 9.17) is 16.7 Å². The van der Waals surface area contributed by atoms with Gasteiger partial charge in [-0.2, -0.15) is 5.10 Å². The van der Waals surface area contributed by atoms with Crippen LogP contribution in [0, 0.1) is 0 Å². The molecule has 2 heterocycles. The molecule has 0 N–H and O–H groups in total. The fourth-order valence-electron chi connectivity index (χ4n) is 3.66. The molecule has 0 bridgehead atoms. The lowest BCUT2D eigenvalue weighted by molar-refractivity contribution is 0.152. The van der Waals surface area contributed by atoms with Gasteiger partial charge in [-0.3, -0.25) is 9.58 Å². The quantitative estimate of drug-likeness (QED) is 0.783. The van der Waals surface area contributed by atoms with Gasteiger partial charge in [0.25, 0.3) is 0 Å². The van der Waals surface area contributed by atoms with Crippen molar-refractivity contribution in [1.29, 1.82) is 0 Å². The Kier molecular flexibility index (Phi) is 5.00. The predicted molar refractivity (Wildman–Crippen MR) is 83.1 cm³/mol. The average Bonchev–Trinajstić information content (AvgIpc) is 2.97. The third kappa shape index (κ3) is 3.37. The average molecular weight is 296 g/mol. The summed E-state index contributed by atoms with van der Waals surface area (Å²) in [7, 11) is 0. The third-order valence-electron chi connectivity index (χ3n) is 4.90. The topological polar surface area (TPSA) is 21.1 Å². The van der Waals surface area contributed by atoms with Crippen LogP contribution in [0.3, 0.4) is 0 Å². The first-order valence-electron chi connectivity index (χ1n) is 8.21. The van der Waals surface area contributed by atoms with Crippen LogP contribution in [-0.2, 0) is 6.54 Å². The number of nitrogens with zero attached hydrogens (tertiary/aromatic N) is 3. The predicted octanol–water partition coefficient (Wildman–Crippen LogP) is 3.98. The second kappa shape index (κ2) is 6.95. The minimum atomic E-state index is 0.547. The molecule has 1 aliphatic heterocycles. The molecule has 1 atom stereocenters. The highest BCUT2D eigenvalue weighted by Crippen LogP contribution is 2.28. The van der Waals surface area contributed by atoms with Gasteiger partial charge in [-0.1, -0.05) is 25.7 Å². The molecule has 3 rings (SSSR count). The van der Waals surface area contributed by atoms with Gasteiger partial charge in [0.1, 0.15) is 0 Å². The number of piperidine rings is 1. The number of hydrogen-bond acceptors (Lipinski definition) is 2. The Balaban J connectivity index is 1.61. The van der Waals surface area contributed by atoms with E-state index in [0.717, 1.165) is 12.4 Å². The first kappa shape index (κ1) is 14.4. The van der Waals surface area contributed by atoms with Crippen molar-refractivity contribution in [3.05, 3.63) is 18.0 Å². The van der Waals surface area contributed by atoms with Gasteiger partial charge in [-0.25, -0.2) is 0 Å². The van der Waals surface area contributed by atoms with Gasteiger partial charge in [0, 0.05) is 24.7 Å². The number of aromatic nitrogens is 2. The van der Waals surface area contributed by atoms with Gasteiger partial charge in [0.2, 0.25) is 0 Å². The molecular weight excluding hydrogens is 270 g/mol. The summed E-state index contributed by atoms with van der Waals surface area (Å²) >= 11 is 6.10. The molecule has 2 fully saturated rings. The highest BCUT2D eigenvalue weighted by Gasteiger charge is 2.23. The first-order valence-corrected chi connectivity index (χ1v) is 8.74. The molecule has 0 spiro atoms. The standard InChI is InChI=1S/C16H26ClN3/c17-12-16-8-4-5-10-19(16)13-14-9-11-20(18-14)15-6-2-1-3-7-15/h9,11,15-16H,1-8,10,12-13H2. The molecule has 0 amide bonds. The van der Waals surface area contributed by atoms with Gasteiger partial charge in [-0.05, 0) is 38.3 Å². The summed E-state index contributed by atoms with van der Waals surface area (Å²) < 4.78 is 2.22. The molecule has 2 aliphatic rings. The molecule has 1 unspecified atom stereocenters. The van der Waals surface area contributed by atoms with Crippen molar-refractivity contribution in [3.63, 3.8) is 0 Å². The van der Waals surface area contributed by atoms with Gasteiger partial charge in [0.15, 0.2) is 0 Å². The Labute approximate surface area is 127 Å². The van der Waals surface area contributed by atoms with Crippen molar-refractivity contribution >= 4 is 11.6 Å². The Morgan fingerprint density at radius 2 is 1.90 bits per heavy atom. The molecule has 1 saturated heterocycles. The van der Waals surface area contributed by atoms with Gasteiger partial charge < -0.3 is 0 Å². The van der Waals surface area contributed by atoms with Gasteiger partial charge in [0.05, 0.1) is 11.7 Å².